The second-order valence-corrected chi connectivity index (χ2v) is 4.31. The molecule has 0 saturated heterocycles. The van der Waals surface area contributed by atoms with Crippen molar-refractivity contribution in [2.45, 2.75) is 26.8 Å². The van der Waals surface area contributed by atoms with Crippen LogP contribution in [0.15, 0.2) is 24.9 Å². The highest BCUT2D eigenvalue weighted by atomic mass is 15.1. The molecule has 0 unspecified atom stereocenters. The number of imidazole rings is 1. The zero-order chi connectivity index (χ0) is 12.6. The quantitative estimate of drug-likeness (QED) is 0.821. The third-order valence-electron chi connectivity index (χ3n) is 2.75. The van der Waals surface area contributed by atoms with Gasteiger partial charge in [0.1, 0.15) is 5.82 Å². The number of aryl methyl sites for hydroxylation is 1. The molecular formula is C13H16N4. The van der Waals surface area contributed by atoms with E-state index < -0.39 is 0 Å². The minimum Gasteiger partial charge on any atom is -0.324 e. The standard InChI is InChI=1S/C13H16N4/c1-5-11(14)10-6-12-13(15-7-10)16-9(4)17(12)8(2)3/h5-8,14H,1H2,2-4H3. The Morgan fingerprint density at radius 1 is 1.53 bits per heavy atom. The highest BCUT2D eigenvalue weighted by Gasteiger charge is 2.12. The van der Waals surface area contributed by atoms with Gasteiger partial charge >= 0.3 is 0 Å². The number of fused-ring (bicyclic) bond motifs is 1. The molecule has 17 heavy (non-hydrogen) atoms. The molecule has 4 nitrogen and oxygen atoms in total. The minimum absolute atomic E-state index is 0.329. The van der Waals surface area contributed by atoms with Gasteiger partial charge in [-0.3, -0.25) is 0 Å². The summed E-state index contributed by atoms with van der Waals surface area (Å²) >= 11 is 0. The van der Waals surface area contributed by atoms with E-state index in [1.165, 1.54) is 6.08 Å². The van der Waals surface area contributed by atoms with Crippen molar-refractivity contribution < 1.29 is 0 Å². The van der Waals surface area contributed by atoms with E-state index in [0.717, 1.165) is 22.6 Å². The maximum atomic E-state index is 7.75. The molecule has 0 radical (unpaired) electrons. The van der Waals surface area contributed by atoms with E-state index >= 15 is 0 Å². The van der Waals surface area contributed by atoms with Crippen LogP contribution in [0.1, 0.15) is 31.3 Å². The predicted molar refractivity (Wildman–Crippen MR) is 69.7 cm³/mol. The van der Waals surface area contributed by atoms with Gasteiger partial charge in [-0.05, 0) is 32.9 Å². The van der Waals surface area contributed by atoms with Crippen molar-refractivity contribution in [1.82, 2.24) is 14.5 Å². The lowest BCUT2D eigenvalue weighted by Crippen LogP contribution is -2.03. The molecule has 0 saturated carbocycles. The average molecular weight is 228 g/mol. The largest absolute Gasteiger partial charge is 0.324 e. The molecule has 0 aliphatic rings. The number of allylic oxidation sites excluding steroid dienone is 1. The maximum Gasteiger partial charge on any atom is 0.177 e. The van der Waals surface area contributed by atoms with Crippen molar-refractivity contribution in [1.29, 1.82) is 5.41 Å². The Balaban J connectivity index is 2.70. The van der Waals surface area contributed by atoms with Crippen molar-refractivity contribution in [2.24, 2.45) is 0 Å². The number of nitrogens with zero attached hydrogens (tertiary/aromatic N) is 3. The summed E-state index contributed by atoms with van der Waals surface area (Å²) in [6.07, 6.45) is 3.19. The van der Waals surface area contributed by atoms with Crippen molar-refractivity contribution in [3.8, 4) is 0 Å². The summed E-state index contributed by atoms with van der Waals surface area (Å²) in [6, 6.07) is 2.28. The molecule has 2 heterocycles. The number of aromatic nitrogens is 3. The number of hydrogen-bond donors (Lipinski definition) is 1. The summed E-state index contributed by atoms with van der Waals surface area (Å²) in [5.74, 6) is 0.949. The molecule has 0 atom stereocenters. The van der Waals surface area contributed by atoms with Crippen molar-refractivity contribution in [2.75, 3.05) is 0 Å². The average Bonchev–Trinajstić information content (AvgIpc) is 2.62. The number of pyridine rings is 1. The molecule has 1 N–H and O–H groups in total. The lowest BCUT2D eigenvalue weighted by molar-refractivity contribution is 0.600. The van der Waals surface area contributed by atoms with E-state index in [1.54, 1.807) is 6.20 Å². The summed E-state index contributed by atoms with van der Waals surface area (Å²) in [5.41, 5.74) is 2.86. The smallest absolute Gasteiger partial charge is 0.177 e. The SMILES string of the molecule is C=CC(=N)c1cnc2nc(C)n(C(C)C)c2c1. The third-order valence-corrected chi connectivity index (χ3v) is 2.75. The van der Waals surface area contributed by atoms with Gasteiger partial charge < -0.3 is 9.98 Å². The fourth-order valence-corrected chi connectivity index (χ4v) is 2.01. The van der Waals surface area contributed by atoms with Gasteiger partial charge in [0.15, 0.2) is 5.65 Å². The molecular weight excluding hydrogens is 212 g/mol. The van der Waals surface area contributed by atoms with E-state index in [4.69, 9.17) is 5.41 Å². The maximum absolute atomic E-state index is 7.75. The van der Waals surface area contributed by atoms with Gasteiger partial charge in [0.05, 0.1) is 11.2 Å². The van der Waals surface area contributed by atoms with Crippen LogP contribution in [0.4, 0.5) is 0 Å². The summed E-state index contributed by atoms with van der Waals surface area (Å²) in [4.78, 5) is 8.71. The zero-order valence-corrected chi connectivity index (χ0v) is 10.4. The Morgan fingerprint density at radius 3 is 2.82 bits per heavy atom. The third kappa shape index (κ3) is 1.86. The molecule has 88 valence electrons. The van der Waals surface area contributed by atoms with Crippen LogP contribution in [-0.4, -0.2) is 20.2 Å². The summed E-state index contributed by atoms with van der Waals surface area (Å²) in [7, 11) is 0. The van der Waals surface area contributed by atoms with Crippen LogP contribution >= 0.6 is 0 Å². The monoisotopic (exact) mass is 228 g/mol. The van der Waals surface area contributed by atoms with Gasteiger partial charge in [-0.2, -0.15) is 0 Å². The van der Waals surface area contributed by atoms with Crippen molar-refractivity contribution >= 4 is 16.9 Å². The molecule has 0 spiro atoms. The normalized spacial score (nSPS) is 11.1. The van der Waals surface area contributed by atoms with Crippen molar-refractivity contribution in [3.63, 3.8) is 0 Å². The van der Waals surface area contributed by atoms with E-state index in [1.807, 2.05) is 13.0 Å². The topological polar surface area (TPSA) is 54.6 Å². The minimum atomic E-state index is 0.329. The molecule has 0 aliphatic carbocycles. The molecule has 2 aromatic heterocycles. The summed E-state index contributed by atoms with van der Waals surface area (Å²) in [6.45, 7) is 9.80. The number of rotatable bonds is 3. The van der Waals surface area contributed by atoms with E-state index in [-0.39, 0.29) is 0 Å². The number of nitrogens with one attached hydrogen (secondary N) is 1. The highest BCUT2D eigenvalue weighted by molar-refractivity contribution is 6.07. The van der Waals surface area contributed by atoms with Gasteiger partial charge in [-0.1, -0.05) is 6.58 Å². The number of hydrogen-bond acceptors (Lipinski definition) is 3. The lowest BCUT2D eigenvalue weighted by Gasteiger charge is -2.10. The fourth-order valence-electron chi connectivity index (χ4n) is 2.01. The second kappa shape index (κ2) is 4.13. The van der Waals surface area contributed by atoms with E-state index in [2.05, 4.69) is 35.0 Å². The van der Waals surface area contributed by atoms with Crippen molar-refractivity contribution in [3.05, 3.63) is 36.3 Å². The first kappa shape index (κ1) is 11.5. The van der Waals surface area contributed by atoms with E-state index in [0.29, 0.717) is 11.8 Å². The highest BCUT2D eigenvalue weighted by Crippen LogP contribution is 2.20. The Labute approximate surface area is 101 Å². The van der Waals surface area contributed by atoms with Gasteiger partial charge in [-0.25, -0.2) is 9.97 Å². The first-order chi connectivity index (χ1) is 8.04. The molecule has 0 aliphatic heterocycles. The fraction of sp³-hybridized carbons (Fsp3) is 0.308. The van der Waals surface area contributed by atoms with Crippen LogP contribution in [0.3, 0.4) is 0 Å². The molecule has 4 heteroatoms. The molecule has 2 aromatic rings. The molecule has 0 aromatic carbocycles. The van der Waals surface area contributed by atoms with Crippen LogP contribution in [0.25, 0.3) is 11.2 Å². The first-order valence-electron chi connectivity index (χ1n) is 5.60. The second-order valence-electron chi connectivity index (χ2n) is 4.31. The molecule has 0 fully saturated rings. The lowest BCUT2D eigenvalue weighted by atomic mass is 10.1. The van der Waals surface area contributed by atoms with Gasteiger partial charge in [0, 0.05) is 17.8 Å². The van der Waals surface area contributed by atoms with Crippen LogP contribution in [0.2, 0.25) is 0 Å². The first-order valence-corrected chi connectivity index (χ1v) is 5.60. The van der Waals surface area contributed by atoms with Crippen LogP contribution in [0.5, 0.6) is 0 Å². The molecule has 0 amide bonds. The summed E-state index contributed by atoms with van der Waals surface area (Å²) in [5, 5.41) is 7.75. The Bertz CT molecular complexity index is 593. The zero-order valence-electron chi connectivity index (χ0n) is 10.4. The Kier molecular flexibility index (Phi) is 2.79. The predicted octanol–water partition coefficient (Wildman–Crippen LogP) is 2.87. The molecule has 0 bridgehead atoms. The Morgan fingerprint density at radius 2 is 2.24 bits per heavy atom. The van der Waals surface area contributed by atoms with Crippen LogP contribution < -0.4 is 0 Å². The summed E-state index contributed by atoms with van der Waals surface area (Å²) < 4.78 is 2.13. The van der Waals surface area contributed by atoms with Crippen LogP contribution in [0, 0.1) is 12.3 Å². The van der Waals surface area contributed by atoms with Gasteiger partial charge in [0.25, 0.3) is 0 Å². The van der Waals surface area contributed by atoms with E-state index in [9.17, 15) is 0 Å². The molecule has 2 rings (SSSR count). The van der Waals surface area contributed by atoms with Gasteiger partial charge in [0.2, 0.25) is 0 Å². The van der Waals surface area contributed by atoms with Gasteiger partial charge in [-0.15, -0.1) is 0 Å². The van der Waals surface area contributed by atoms with Crippen LogP contribution in [-0.2, 0) is 0 Å². The Hall–Kier alpha value is -1.97.